The van der Waals surface area contributed by atoms with E-state index in [4.69, 9.17) is 9.84 Å². The average Bonchev–Trinajstić information content (AvgIpc) is 2.75. The van der Waals surface area contributed by atoms with Crippen molar-refractivity contribution in [3.05, 3.63) is 29.3 Å². The number of aliphatic hydroxyl groups excluding tert-OH is 3. The number of ether oxygens (including phenoxy) is 1. The van der Waals surface area contributed by atoms with E-state index in [1.165, 1.54) is 0 Å². The fraction of sp³-hybridized carbons (Fsp3) is 0.467. The van der Waals surface area contributed by atoms with Gasteiger partial charge < -0.3 is 20.1 Å². The van der Waals surface area contributed by atoms with Gasteiger partial charge in [-0.1, -0.05) is 11.8 Å². The maximum absolute atomic E-state index is 9.57. The summed E-state index contributed by atoms with van der Waals surface area (Å²) in [6.45, 7) is 1.28. The zero-order valence-electron chi connectivity index (χ0n) is 11.4. The molecule has 1 heterocycles. The second-order valence-electron chi connectivity index (χ2n) is 4.82. The second kappa shape index (κ2) is 6.73. The van der Waals surface area contributed by atoms with Crippen molar-refractivity contribution >= 4 is 0 Å². The van der Waals surface area contributed by atoms with E-state index in [-0.39, 0.29) is 6.61 Å². The summed E-state index contributed by atoms with van der Waals surface area (Å²) in [5.74, 6) is 6.21. The standard InChI is InChI=1S/C15H19NO4/c1-20-15-5-4-11(3-2-6-17)7-12(15)8-16-9-13(18)14(19)10-16/h4-5,7,13-14,17-19H,6,8-10H2,1H3. The van der Waals surface area contributed by atoms with Gasteiger partial charge in [0.1, 0.15) is 12.4 Å². The van der Waals surface area contributed by atoms with E-state index < -0.39 is 12.2 Å². The summed E-state index contributed by atoms with van der Waals surface area (Å²) in [5.41, 5.74) is 1.74. The largest absolute Gasteiger partial charge is 0.496 e. The molecule has 0 spiro atoms. The number of hydrogen-bond donors (Lipinski definition) is 3. The second-order valence-corrected chi connectivity index (χ2v) is 4.82. The third-order valence-corrected chi connectivity index (χ3v) is 3.32. The van der Waals surface area contributed by atoms with Crippen molar-refractivity contribution in [2.45, 2.75) is 18.8 Å². The molecule has 1 saturated heterocycles. The Balaban J connectivity index is 2.16. The van der Waals surface area contributed by atoms with E-state index in [9.17, 15) is 10.2 Å². The van der Waals surface area contributed by atoms with Crippen LogP contribution in [0.25, 0.3) is 0 Å². The van der Waals surface area contributed by atoms with Gasteiger partial charge in [0.2, 0.25) is 0 Å². The Kier molecular flexibility index (Phi) is 4.99. The molecule has 1 aliphatic heterocycles. The Morgan fingerprint density at radius 2 is 2.00 bits per heavy atom. The van der Waals surface area contributed by atoms with Gasteiger partial charge in [0, 0.05) is 30.8 Å². The van der Waals surface area contributed by atoms with E-state index in [1.807, 2.05) is 23.1 Å². The predicted octanol–water partition coefficient (Wildman–Crippen LogP) is -0.424. The average molecular weight is 277 g/mol. The Morgan fingerprint density at radius 1 is 1.30 bits per heavy atom. The van der Waals surface area contributed by atoms with E-state index in [2.05, 4.69) is 11.8 Å². The summed E-state index contributed by atoms with van der Waals surface area (Å²) < 4.78 is 5.32. The highest BCUT2D eigenvalue weighted by Gasteiger charge is 2.29. The maximum Gasteiger partial charge on any atom is 0.123 e. The molecule has 2 rings (SSSR count). The van der Waals surface area contributed by atoms with E-state index in [0.717, 1.165) is 16.9 Å². The Hall–Kier alpha value is -1.58. The van der Waals surface area contributed by atoms with Crippen molar-refractivity contribution in [1.29, 1.82) is 0 Å². The van der Waals surface area contributed by atoms with Crippen LogP contribution in [0.2, 0.25) is 0 Å². The topological polar surface area (TPSA) is 73.2 Å². The van der Waals surface area contributed by atoms with Crippen LogP contribution in [0.3, 0.4) is 0 Å². The molecule has 2 unspecified atom stereocenters. The summed E-state index contributed by atoms with van der Waals surface area (Å²) in [5, 5.41) is 27.9. The van der Waals surface area contributed by atoms with E-state index >= 15 is 0 Å². The summed E-state index contributed by atoms with van der Waals surface area (Å²) in [6, 6.07) is 5.57. The molecule has 5 nitrogen and oxygen atoms in total. The molecule has 108 valence electrons. The molecule has 2 atom stereocenters. The van der Waals surface area contributed by atoms with Gasteiger partial charge >= 0.3 is 0 Å². The number of β-amino-alcohol motifs (C(OH)–C–C–N with tert-alkyl or cyclic N) is 2. The Morgan fingerprint density at radius 3 is 2.60 bits per heavy atom. The lowest BCUT2D eigenvalue weighted by atomic mass is 10.1. The number of aliphatic hydroxyl groups is 3. The summed E-state index contributed by atoms with van der Waals surface area (Å²) in [4.78, 5) is 1.97. The fourth-order valence-electron chi connectivity index (χ4n) is 2.34. The SMILES string of the molecule is COc1ccc(C#CCO)cc1CN1CC(O)C(O)C1. The highest BCUT2D eigenvalue weighted by Crippen LogP contribution is 2.23. The van der Waals surface area contributed by atoms with Crippen molar-refractivity contribution in [2.24, 2.45) is 0 Å². The van der Waals surface area contributed by atoms with E-state index in [0.29, 0.717) is 19.6 Å². The molecule has 1 aliphatic rings. The minimum absolute atomic E-state index is 0.175. The van der Waals surface area contributed by atoms with Crippen LogP contribution in [0.15, 0.2) is 18.2 Å². The van der Waals surface area contributed by atoms with Crippen molar-refractivity contribution in [3.63, 3.8) is 0 Å². The minimum atomic E-state index is -0.696. The first-order valence-electron chi connectivity index (χ1n) is 6.49. The zero-order chi connectivity index (χ0) is 14.5. The van der Waals surface area contributed by atoms with Crippen molar-refractivity contribution < 1.29 is 20.1 Å². The van der Waals surface area contributed by atoms with Crippen LogP contribution < -0.4 is 4.74 Å². The maximum atomic E-state index is 9.57. The van der Waals surface area contributed by atoms with Crippen molar-refractivity contribution in [2.75, 3.05) is 26.8 Å². The van der Waals surface area contributed by atoms with Gasteiger partial charge in [-0.25, -0.2) is 0 Å². The van der Waals surface area contributed by atoms with E-state index in [1.54, 1.807) is 7.11 Å². The highest BCUT2D eigenvalue weighted by molar-refractivity contribution is 5.44. The van der Waals surface area contributed by atoms with Gasteiger partial charge in [0.15, 0.2) is 0 Å². The third kappa shape index (κ3) is 3.50. The number of likely N-dealkylation sites (tertiary alicyclic amines) is 1. The van der Waals surface area contributed by atoms with Crippen LogP contribution >= 0.6 is 0 Å². The van der Waals surface area contributed by atoms with Gasteiger partial charge in [-0.05, 0) is 18.2 Å². The van der Waals surface area contributed by atoms with Crippen LogP contribution in [0.4, 0.5) is 0 Å². The number of methoxy groups -OCH3 is 1. The molecule has 0 aliphatic carbocycles. The Labute approximate surface area is 118 Å². The van der Waals surface area contributed by atoms with Crippen molar-refractivity contribution in [3.8, 4) is 17.6 Å². The van der Waals surface area contributed by atoms with Crippen LogP contribution in [0, 0.1) is 11.8 Å². The number of nitrogens with zero attached hydrogens (tertiary/aromatic N) is 1. The predicted molar refractivity (Wildman–Crippen MR) is 74.2 cm³/mol. The van der Waals surface area contributed by atoms with Gasteiger partial charge in [-0.2, -0.15) is 0 Å². The molecule has 0 amide bonds. The molecule has 0 aromatic heterocycles. The molecule has 3 N–H and O–H groups in total. The van der Waals surface area contributed by atoms with Crippen LogP contribution in [-0.4, -0.2) is 59.2 Å². The summed E-state index contributed by atoms with van der Waals surface area (Å²) in [7, 11) is 1.60. The quantitative estimate of drug-likeness (QED) is 0.654. The minimum Gasteiger partial charge on any atom is -0.496 e. The fourth-order valence-corrected chi connectivity index (χ4v) is 2.34. The first-order valence-corrected chi connectivity index (χ1v) is 6.49. The number of hydrogen-bond acceptors (Lipinski definition) is 5. The lowest BCUT2D eigenvalue weighted by Gasteiger charge is -2.17. The molecule has 0 radical (unpaired) electrons. The summed E-state index contributed by atoms with van der Waals surface area (Å²) in [6.07, 6.45) is -1.39. The van der Waals surface area contributed by atoms with Crippen LogP contribution in [-0.2, 0) is 6.54 Å². The normalized spacial score (nSPS) is 22.4. The lowest BCUT2D eigenvalue weighted by Crippen LogP contribution is -2.22. The lowest BCUT2D eigenvalue weighted by molar-refractivity contribution is 0.0572. The molecule has 0 bridgehead atoms. The van der Waals surface area contributed by atoms with Gasteiger partial charge in [-0.15, -0.1) is 0 Å². The molecule has 0 saturated carbocycles. The highest BCUT2D eigenvalue weighted by atomic mass is 16.5. The number of rotatable bonds is 3. The van der Waals surface area contributed by atoms with Gasteiger partial charge in [0.05, 0.1) is 19.3 Å². The molecule has 1 aromatic rings. The molecular weight excluding hydrogens is 258 g/mol. The molecule has 20 heavy (non-hydrogen) atoms. The monoisotopic (exact) mass is 277 g/mol. The first kappa shape index (κ1) is 14.8. The first-order chi connectivity index (χ1) is 9.63. The molecular formula is C15H19NO4. The van der Waals surface area contributed by atoms with Crippen LogP contribution in [0.5, 0.6) is 5.75 Å². The molecule has 1 aromatic carbocycles. The van der Waals surface area contributed by atoms with Crippen LogP contribution in [0.1, 0.15) is 11.1 Å². The Bertz CT molecular complexity index is 510. The van der Waals surface area contributed by atoms with Gasteiger partial charge in [-0.3, -0.25) is 4.90 Å². The van der Waals surface area contributed by atoms with Crippen molar-refractivity contribution in [1.82, 2.24) is 4.90 Å². The van der Waals surface area contributed by atoms with Gasteiger partial charge in [0.25, 0.3) is 0 Å². The number of benzene rings is 1. The molecule has 5 heteroatoms. The smallest absolute Gasteiger partial charge is 0.123 e. The third-order valence-electron chi connectivity index (χ3n) is 3.32. The zero-order valence-corrected chi connectivity index (χ0v) is 11.4. The summed E-state index contributed by atoms with van der Waals surface area (Å²) >= 11 is 0. The molecule has 1 fully saturated rings.